The SMILES string of the molecule is CCNCCC(C)c1ccc(Cl)s1. The molecule has 0 aliphatic carbocycles. The molecule has 1 aromatic rings. The van der Waals surface area contributed by atoms with Gasteiger partial charge in [0.15, 0.2) is 0 Å². The highest BCUT2D eigenvalue weighted by Gasteiger charge is 2.07. The molecule has 1 nitrogen and oxygen atoms in total. The molecular weight excluding hydrogens is 202 g/mol. The minimum absolute atomic E-state index is 0.622. The lowest BCUT2D eigenvalue weighted by Crippen LogP contribution is -2.15. The van der Waals surface area contributed by atoms with Gasteiger partial charge in [0.25, 0.3) is 0 Å². The molecule has 0 fully saturated rings. The molecule has 1 N–H and O–H groups in total. The zero-order chi connectivity index (χ0) is 9.68. The van der Waals surface area contributed by atoms with Crippen molar-refractivity contribution in [1.29, 1.82) is 0 Å². The average molecular weight is 218 g/mol. The summed E-state index contributed by atoms with van der Waals surface area (Å²) < 4.78 is 0.894. The number of thiophene rings is 1. The summed E-state index contributed by atoms with van der Waals surface area (Å²) in [6, 6.07) is 4.11. The summed E-state index contributed by atoms with van der Waals surface area (Å²) in [4.78, 5) is 1.39. The highest BCUT2D eigenvalue weighted by molar-refractivity contribution is 7.16. The summed E-state index contributed by atoms with van der Waals surface area (Å²) in [5, 5.41) is 3.33. The molecule has 3 heteroatoms. The maximum atomic E-state index is 5.87. The van der Waals surface area contributed by atoms with E-state index in [1.54, 1.807) is 11.3 Å². The topological polar surface area (TPSA) is 12.0 Å². The van der Waals surface area contributed by atoms with Gasteiger partial charge in [0.05, 0.1) is 4.34 Å². The van der Waals surface area contributed by atoms with Crippen molar-refractivity contribution in [2.24, 2.45) is 0 Å². The van der Waals surface area contributed by atoms with E-state index in [1.165, 1.54) is 11.3 Å². The van der Waals surface area contributed by atoms with Crippen LogP contribution in [-0.2, 0) is 0 Å². The van der Waals surface area contributed by atoms with E-state index in [2.05, 4.69) is 25.2 Å². The third-order valence-corrected chi connectivity index (χ3v) is 3.55. The van der Waals surface area contributed by atoms with Crippen molar-refractivity contribution in [1.82, 2.24) is 5.32 Å². The third-order valence-electron chi connectivity index (χ3n) is 2.08. The maximum Gasteiger partial charge on any atom is 0.0931 e. The maximum absolute atomic E-state index is 5.87. The minimum Gasteiger partial charge on any atom is -0.317 e. The second-order valence-corrected chi connectivity index (χ2v) is 4.93. The molecule has 0 aliphatic rings. The van der Waals surface area contributed by atoms with Crippen LogP contribution >= 0.6 is 22.9 Å². The first-order chi connectivity index (χ1) is 6.24. The normalized spacial score (nSPS) is 13.2. The van der Waals surface area contributed by atoms with E-state index < -0.39 is 0 Å². The summed E-state index contributed by atoms with van der Waals surface area (Å²) in [6.45, 7) is 6.53. The largest absolute Gasteiger partial charge is 0.317 e. The lowest BCUT2D eigenvalue weighted by molar-refractivity contribution is 0.614. The van der Waals surface area contributed by atoms with Crippen LogP contribution in [0.5, 0.6) is 0 Å². The zero-order valence-corrected chi connectivity index (χ0v) is 9.71. The van der Waals surface area contributed by atoms with Crippen LogP contribution in [0, 0.1) is 0 Å². The average Bonchev–Trinajstić information content (AvgIpc) is 2.52. The van der Waals surface area contributed by atoms with Gasteiger partial charge in [-0.2, -0.15) is 0 Å². The highest BCUT2D eigenvalue weighted by Crippen LogP contribution is 2.29. The van der Waals surface area contributed by atoms with Gasteiger partial charge in [-0.25, -0.2) is 0 Å². The monoisotopic (exact) mass is 217 g/mol. The molecule has 1 rings (SSSR count). The van der Waals surface area contributed by atoms with Crippen LogP contribution in [0.25, 0.3) is 0 Å². The number of rotatable bonds is 5. The summed E-state index contributed by atoms with van der Waals surface area (Å²) in [7, 11) is 0. The molecule has 0 amide bonds. The quantitative estimate of drug-likeness (QED) is 0.745. The van der Waals surface area contributed by atoms with Crippen molar-refractivity contribution in [3.63, 3.8) is 0 Å². The Labute approximate surface area is 89.1 Å². The summed E-state index contributed by atoms with van der Waals surface area (Å²) in [5.41, 5.74) is 0. The molecule has 0 spiro atoms. The fourth-order valence-corrected chi connectivity index (χ4v) is 2.38. The van der Waals surface area contributed by atoms with Crippen molar-refractivity contribution in [3.05, 3.63) is 21.3 Å². The summed E-state index contributed by atoms with van der Waals surface area (Å²) >= 11 is 7.56. The fraction of sp³-hybridized carbons (Fsp3) is 0.600. The van der Waals surface area contributed by atoms with E-state index in [-0.39, 0.29) is 0 Å². The second kappa shape index (κ2) is 5.63. The Morgan fingerprint density at radius 3 is 2.85 bits per heavy atom. The number of nitrogens with one attached hydrogen (secondary N) is 1. The van der Waals surface area contributed by atoms with Crippen LogP contribution in [0.15, 0.2) is 12.1 Å². The van der Waals surface area contributed by atoms with Gasteiger partial charge >= 0.3 is 0 Å². The van der Waals surface area contributed by atoms with Gasteiger partial charge in [0.2, 0.25) is 0 Å². The predicted octanol–water partition coefficient (Wildman–Crippen LogP) is 3.50. The fourth-order valence-electron chi connectivity index (χ4n) is 1.23. The van der Waals surface area contributed by atoms with E-state index in [1.807, 2.05) is 6.07 Å². The number of halogens is 1. The van der Waals surface area contributed by atoms with Gasteiger partial charge in [-0.1, -0.05) is 25.4 Å². The van der Waals surface area contributed by atoms with Crippen molar-refractivity contribution in [2.75, 3.05) is 13.1 Å². The Kier molecular flexibility index (Phi) is 4.78. The van der Waals surface area contributed by atoms with Gasteiger partial charge in [-0.05, 0) is 37.6 Å². The van der Waals surface area contributed by atoms with Crippen LogP contribution in [0.4, 0.5) is 0 Å². The van der Waals surface area contributed by atoms with E-state index in [0.717, 1.165) is 17.4 Å². The highest BCUT2D eigenvalue weighted by atomic mass is 35.5. The van der Waals surface area contributed by atoms with E-state index in [4.69, 9.17) is 11.6 Å². The smallest absolute Gasteiger partial charge is 0.0931 e. The Morgan fingerprint density at radius 2 is 2.31 bits per heavy atom. The molecule has 1 atom stereocenters. The molecule has 0 aliphatic heterocycles. The number of hydrogen-bond acceptors (Lipinski definition) is 2. The first kappa shape index (κ1) is 11.0. The Bertz CT molecular complexity index is 247. The molecule has 13 heavy (non-hydrogen) atoms. The molecule has 74 valence electrons. The van der Waals surface area contributed by atoms with Crippen LogP contribution in [0.2, 0.25) is 4.34 Å². The summed E-state index contributed by atoms with van der Waals surface area (Å²) in [6.07, 6.45) is 1.19. The molecule has 0 saturated heterocycles. The first-order valence-electron chi connectivity index (χ1n) is 4.70. The Hall–Kier alpha value is -0.0500. The van der Waals surface area contributed by atoms with Crippen LogP contribution in [-0.4, -0.2) is 13.1 Å². The second-order valence-electron chi connectivity index (χ2n) is 3.19. The predicted molar refractivity (Wildman–Crippen MR) is 60.9 cm³/mol. The Balaban J connectivity index is 2.35. The van der Waals surface area contributed by atoms with Crippen molar-refractivity contribution < 1.29 is 0 Å². The van der Waals surface area contributed by atoms with Crippen molar-refractivity contribution in [3.8, 4) is 0 Å². The molecular formula is C10H16ClNS. The lowest BCUT2D eigenvalue weighted by atomic mass is 10.1. The standard InChI is InChI=1S/C10H16ClNS/c1-3-12-7-6-8(2)9-4-5-10(11)13-9/h4-5,8,12H,3,6-7H2,1-2H3. The molecule has 1 unspecified atom stereocenters. The molecule has 1 heterocycles. The van der Waals surface area contributed by atoms with Crippen molar-refractivity contribution in [2.45, 2.75) is 26.2 Å². The van der Waals surface area contributed by atoms with Gasteiger partial charge in [0, 0.05) is 4.88 Å². The molecule has 0 aromatic carbocycles. The van der Waals surface area contributed by atoms with Crippen LogP contribution in [0.1, 0.15) is 31.1 Å². The third kappa shape index (κ3) is 3.67. The van der Waals surface area contributed by atoms with Gasteiger partial charge in [-0.15, -0.1) is 11.3 Å². The molecule has 0 radical (unpaired) electrons. The van der Waals surface area contributed by atoms with Gasteiger partial charge in [0.1, 0.15) is 0 Å². The van der Waals surface area contributed by atoms with E-state index >= 15 is 0 Å². The zero-order valence-electron chi connectivity index (χ0n) is 8.14. The van der Waals surface area contributed by atoms with Gasteiger partial charge < -0.3 is 5.32 Å². The van der Waals surface area contributed by atoms with E-state index in [9.17, 15) is 0 Å². The molecule has 0 saturated carbocycles. The minimum atomic E-state index is 0.622. The summed E-state index contributed by atoms with van der Waals surface area (Å²) in [5.74, 6) is 0.622. The first-order valence-corrected chi connectivity index (χ1v) is 5.89. The van der Waals surface area contributed by atoms with E-state index in [0.29, 0.717) is 5.92 Å². The van der Waals surface area contributed by atoms with Crippen LogP contribution in [0.3, 0.4) is 0 Å². The number of hydrogen-bond donors (Lipinski definition) is 1. The lowest BCUT2D eigenvalue weighted by Gasteiger charge is -2.08. The molecule has 1 aromatic heterocycles. The van der Waals surface area contributed by atoms with Gasteiger partial charge in [-0.3, -0.25) is 0 Å². The Morgan fingerprint density at radius 1 is 1.54 bits per heavy atom. The van der Waals surface area contributed by atoms with Crippen LogP contribution < -0.4 is 5.32 Å². The van der Waals surface area contributed by atoms with Crippen molar-refractivity contribution >= 4 is 22.9 Å². The molecule has 0 bridgehead atoms.